The van der Waals surface area contributed by atoms with Gasteiger partial charge < -0.3 is 9.47 Å². The van der Waals surface area contributed by atoms with Gasteiger partial charge in [0.15, 0.2) is 6.61 Å². The first-order chi connectivity index (χ1) is 12.9. The molecule has 0 atom stereocenters. The predicted molar refractivity (Wildman–Crippen MR) is 106 cm³/mol. The van der Waals surface area contributed by atoms with Crippen molar-refractivity contribution >= 4 is 55.5 Å². The lowest BCUT2D eigenvalue weighted by Crippen LogP contribution is -2.15. The number of hydrogen-bond acceptors (Lipinski definition) is 8. The van der Waals surface area contributed by atoms with Crippen molar-refractivity contribution in [2.45, 2.75) is 6.92 Å². The number of carbonyl (C=O) groups excluding carboxylic acids is 1. The molecule has 1 aromatic carbocycles. The van der Waals surface area contributed by atoms with Gasteiger partial charge in [-0.3, -0.25) is 15.5 Å². The number of nitro groups is 1. The van der Waals surface area contributed by atoms with E-state index in [1.54, 1.807) is 19.1 Å². The van der Waals surface area contributed by atoms with Crippen LogP contribution in [0.3, 0.4) is 0 Å². The second kappa shape index (κ2) is 9.97. The molecule has 0 radical (unpaired) electrons. The Balaban J connectivity index is 2.01. The number of esters is 1. The lowest BCUT2D eigenvalue weighted by atomic mass is 10.2. The van der Waals surface area contributed by atoms with Gasteiger partial charge >= 0.3 is 5.97 Å². The molecule has 0 saturated carbocycles. The van der Waals surface area contributed by atoms with Crippen LogP contribution in [-0.4, -0.2) is 35.3 Å². The van der Waals surface area contributed by atoms with Gasteiger partial charge in [-0.25, -0.2) is 9.78 Å². The van der Waals surface area contributed by atoms with Crippen LogP contribution in [0.2, 0.25) is 0 Å². The van der Waals surface area contributed by atoms with Crippen molar-refractivity contribution in [1.82, 2.24) is 4.98 Å². The summed E-state index contributed by atoms with van der Waals surface area (Å²) in [4.78, 5) is 25.3. The van der Waals surface area contributed by atoms with Crippen LogP contribution in [-0.2, 0) is 9.53 Å². The van der Waals surface area contributed by atoms with E-state index in [1.807, 2.05) is 0 Å². The van der Waals surface area contributed by atoms with Crippen LogP contribution >= 0.6 is 31.9 Å². The number of nitrogens with zero attached hydrogens (tertiary/aromatic N) is 3. The van der Waals surface area contributed by atoms with Crippen LogP contribution < -0.4 is 10.2 Å². The first kappa shape index (κ1) is 20.8. The van der Waals surface area contributed by atoms with Gasteiger partial charge in [0.25, 0.3) is 5.69 Å². The molecule has 142 valence electrons. The zero-order chi connectivity index (χ0) is 19.8. The van der Waals surface area contributed by atoms with Crippen molar-refractivity contribution in [1.29, 1.82) is 0 Å². The Labute approximate surface area is 171 Å². The molecule has 2 rings (SSSR count). The molecule has 11 heteroatoms. The number of hydrogen-bond donors (Lipinski definition) is 1. The number of aromatic nitrogens is 1. The van der Waals surface area contributed by atoms with Gasteiger partial charge in [0.2, 0.25) is 0 Å². The number of benzene rings is 1. The number of ether oxygens (including phenoxy) is 2. The molecule has 0 spiro atoms. The summed E-state index contributed by atoms with van der Waals surface area (Å²) in [5.41, 5.74) is 3.31. The molecule has 0 saturated heterocycles. The molecule has 0 fully saturated rings. The quantitative estimate of drug-likeness (QED) is 0.252. The van der Waals surface area contributed by atoms with Crippen molar-refractivity contribution in [2.24, 2.45) is 5.10 Å². The van der Waals surface area contributed by atoms with Crippen molar-refractivity contribution in [3.8, 4) is 5.75 Å². The van der Waals surface area contributed by atoms with Crippen molar-refractivity contribution in [3.05, 3.63) is 55.1 Å². The van der Waals surface area contributed by atoms with Gasteiger partial charge in [-0.15, -0.1) is 0 Å². The van der Waals surface area contributed by atoms with E-state index >= 15 is 0 Å². The lowest BCUT2D eigenvalue weighted by molar-refractivity contribution is -0.385. The Morgan fingerprint density at radius 3 is 2.63 bits per heavy atom. The predicted octanol–water partition coefficient (Wildman–Crippen LogP) is 3.90. The van der Waals surface area contributed by atoms with Crippen LogP contribution in [0.4, 0.5) is 11.5 Å². The molecule has 1 heterocycles. The molecule has 1 N–H and O–H groups in total. The Bertz CT molecular complexity index is 835. The second-order valence-corrected chi connectivity index (χ2v) is 6.64. The van der Waals surface area contributed by atoms with Gasteiger partial charge in [0.05, 0.1) is 26.7 Å². The van der Waals surface area contributed by atoms with E-state index in [0.29, 0.717) is 20.5 Å². The van der Waals surface area contributed by atoms with Gasteiger partial charge in [-0.2, -0.15) is 5.10 Å². The summed E-state index contributed by atoms with van der Waals surface area (Å²) in [6, 6.07) is 6.28. The third kappa shape index (κ3) is 6.29. The number of pyridine rings is 1. The van der Waals surface area contributed by atoms with Gasteiger partial charge in [-0.1, -0.05) is 0 Å². The number of hydrazone groups is 1. The minimum atomic E-state index is -0.527. The van der Waals surface area contributed by atoms with Gasteiger partial charge in [0.1, 0.15) is 17.8 Å². The average molecular weight is 502 g/mol. The maximum atomic E-state index is 11.4. The SMILES string of the molecule is CCOC(=O)COc1c(Br)cc(/C=N/Nc2ccc([N+](=O)[O-])cn2)cc1Br. The van der Waals surface area contributed by atoms with E-state index in [4.69, 9.17) is 9.47 Å². The van der Waals surface area contributed by atoms with Crippen LogP contribution in [0, 0.1) is 10.1 Å². The molecule has 0 unspecified atom stereocenters. The molecule has 0 amide bonds. The summed E-state index contributed by atoms with van der Waals surface area (Å²) < 4.78 is 11.5. The smallest absolute Gasteiger partial charge is 0.344 e. The average Bonchev–Trinajstić information content (AvgIpc) is 2.61. The van der Waals surface area contributed by atoms with Crippen molar-refractivity contribution < 1.29 is 19.2 Å². The van der Waals surface area contributed by atoms with Crippen LogP contribution in [0.15, 0.2) is 44.5 Å². The summed E-state index contributed by atoms with van der Waals surface area (Å²) in [7, 11) is 0. The fraction of sp³-hybridized carbons (Fsp3) is 0.188. The molecule has 9 nitrogen and oxygen atoms in total. The second-order valence-electron chi connectivity index (χ2n) is 4.94. The minimum absolute atomic E-state index is 0.101. The van der Waals surface area contributed by atoms with E-state index in [0.717, 1.165) is 11.8 Å². The van der Waals surface area contributed by atoms with Crippen LogP contribution in [0.5, 0.6) is 5.75 Å². The molecular weight excluding hydrogens is 488 g/mol. The Kier molecular flexibility index (Phi) is 7.67. The van der Waals surface area contributed by atoms with E-state index in [-0.39, 0.29) is 18.9 Å². The number of anilines is 1. The summed E-state index contributed by atoms with van der Waals surface area (Å²) in [6.07, 6.45) is 2.68. The molecular formula is C16H14Br2N4O5. The molecule has 2 aromatic rings. The molecule has 1 aromatic heterocycles. The Morgan fingerprint density at radius 2 is 2.07 bits per heavy atom. The molecule has 27 heavy (non-hydrogen) atoms. The number of carbonyl (C=O) groups is 1. The summed E-state index contributed by atoms with van der Waals surface area (Å²) >= 11 is 6.76. The van der Waals surface area contributed by atoms with Crippen LogP contribution in [0.1, 0.15) is 12.5 Å². The molecule has 0 aliphatic heterocycles. The molecule has 0 aliphatic rings. The Morgan fingerprint density at radius 1 is 1.37 bits per heavy atom. The lowest BCUT2D eigenvalue weighted by Gasteiger charge is -2.10. The maximum Gasteiger partial charge on any atom is 0.344 e. The summed E-state index contributed by atoms with van der Waals surface area (Å²) in [6.45, 7) is 1.81. The summed E-state index contributed by atoms with van der Waals surface area (Å²) in [5.74, 6) is 0.372. The fourth-order valence-corrected chi connectivity index (χ4v) is 3.31. The number of halogens is 2. The highest BCUT2D eigenvalue weighted by atomic mass is 79.9. The van der Waals surface area contributed by atoms with Gasteiger partial charge in [0, 0.05) is 6.07 Å². The zero-order valence-electron chi connectivity index (χ0n) is 14.0. The number of rotatable bonds is 8. The fourth-order valence-electron chi connectivity index (χ4n) is 1.86. The maximum absolute atomic E-state index is 11.4. The topological polar surface area (TPSA) is 116 Å². The van der Waals surface area contributed by atoms with Crippen molar-refractivity contribution in [2.75, 3.05) is 18.6 Å². The third-order valence-corrected chi connectivity index (χ3v) is 4.19. The standard InChI is InChI=1S/C16H14Br2N4O5/c1-2-26-15(23)9-27-16-12(17)5-10(6-13(16)18)7-20-21-14-4-3-11(8-19-14)22(24)25/h3-8H,2,9H2,1H3,(H,19,21)/b20-7+. The third-order valence-electron chi connectivity index (χ3n) is 3.01. The minimum Gasteiger partial charge on any atom is -0.480 e. The zero-order valence-corrected chi connectivity index (χ0v) is 17.2. The monoisotopic (exact) mass is 500 g/mol. The highest BCUT2D eigenvalue weighted by molar-refractivity contribution is 9.11. The number of nitrogens with one attached hydrogen (secondary N) is 1. The highest BCUT2D eigenvalue weighted by Crippen LogP contribution is 2.34. The summed E-state index contributed by atoms with van der Waals surface area (Å²) in [5, 5.41) is 14.6. The van der Waals surface area contributed by atoms with E-state index in [9.17, 15) is 14.9 Å². The first-order valence-corrected chi connectivity index (χ1v) is 9.16. The Hall–Kier alpha value is -2.53. The van der Waals surface area contributed by atoms with Crippen molar-refractivity contribution in [3.63, 3.8) is 0 Å². The van der Waals surface area contributed by atoms with Gasteiger partial charge in [-0.05, 0) is 62.5 Å². The molecule has 0 bridgehead atoms. The van der Waals surface area contributed by atoms with Crippen LogP contribution in [0.25, 0.3) is 0 Å². The largest absolute Gasteiger partial charge is 0.480 e. The highest BCUT2D eigenvalue weighted by Gasteiger charge is 2.11. The molecule has 0 aliphatic carbocycles. The normalized spacial score (nSPS) is 10.6. The van der Waals surface area contributed by atoms with E-state index < -0.39 is 10.9 Å². The van der Waals surface area contributed by atoms with E-state index in [1.165, 1.54) is 18.3 Å². The van der Waals surface area contributed by atoms with E-state index in [2.05, 4.69) is 47.4 Å². The first-order valence-electron chi connectivity index (χ1n) is 7.57.